The number of benzene rings is 3. The van der Waals surface area contributed by atoms with Gasteiger partial charge in [-0.2, -0.15) is 0 Å². The molecule has 0 aromatic heterocycles. The van der Waals surface area contributed by atoms with Gasteiger partial charge in [0.05, 0.1) is 0 Å². The largest absolute Gasteiger partial charge is 0.488 e. The third-order valence-corrected chi connectivity index (χ3v) is 8.88. The Morgan fingerprint density at radius 1 is 0.854 bits per heavy atom. The Morgan fingerprint density at radius 3 is 2.35 bits per heavy atom. The van der Waals surface area contributed by atoms with Crippen LogP contribution < -0.4 is 19.1 Å². The van der Waals surface area contributed by atoms with E-state index in [9.17, 15) is 9.59 Å². The molecule has 11 nitrogen and oxygen atoms in total. The van der Waals surface area contributed by atoms with Crippen LogP contribution in [0.3, 0.4) is 0 Å². The van der Waals surface area contributed by atoms with Crippen LogP contribution in [0.4, 0.5) is 5.69 Å². The Kier molecular flexibility index (Phi) is 12.5. The average molecular weight is 662 g/mol. The highest BCUT2D eigenvalue weighted by atomic mass is 16.7. The van der Waals surface area contributed by atoms with Crippen molar-refractivity contribution >= 4 is 17.5 Å². The molecule has 0 spiro atoms. The second-order valence-corrected chi connectivity index (χ2v) is 12.1. The molecule has 1 atom stereocenters. The lowest BCUT2D eigenvalue weighted by atomic mass is 9.96. The molecule has 0 aliphatic carbocycles. The molecule has 0 radical (unpaired) electrons. The van der Waals surface area contributed by atoms with Gasteiger partial charge in [-0.15, -0.1) is 0 Å². The van der Waals surface area contributed by atoms with Gasteiger partial charge in [-0.1, -0.05) is 42.5 Å². The van der Waals surface area contributed by atoms with Gasteiger partial charge < -0.3 is 43.1 Å². The number of fused-ring (bicyclic) bond motifs is 1. The lowest BCUT2D eigenvalue weighted by molar-refractivity contribution is -0.130. The molecule has 2 amide bonds. The molecule has 0 bridgehead atoms. The second kappa shape index (κ2) is 17.2. The van der Waals surface area contributed by atoms with Crippen molar-refractivity contribution in [3.8, 4) is 17.2 Å². The molecular formula is C37H47N3O8. The lowest BCUT2D eigenvalue weighted by Crippen LogP contribution is -2.40. The third kappa shape index (κ3) is 8.58. The molecule has 1 saturated heterocycles. The van der Waals surface area contributed by atoms with Crippen molar-refractivity contribution < 1.29 is 38.0 Å². The highest BCUT2D eigenvalue weighted by molar-refractivity contribution is 6.00. The van der Waals surface area contributed by atoms with Crippen molar-refractivity contribution in [1.82, 2.24) is 9.80 Å². The standard InChI is InChI=1S/C37H47N3O8/c1-38(29-16-18-39(22-29)35(41)14-9-19-43-2)32-13-8-12-28-15-17-40(23-31(28)32)37(42)36-33(46-24-27-10-6-5-7-11-27)20-30(47-25-44-3)21-34(36)48-26-45-4/h5-8,10-13,20-21,29H,9,14-19,22-26H2,1-4H3/t29-/m0/s1. The van der Waals surface area contributed by atoms with E-state index in [0.717, 1.165) is 36.2 Å². The number of methoxy groups -OCH3 is 3. The number of carbonyl (C=O) groups is 2. The molecule has 1 fully saturated rings. The van der Waals surface area contributed by atoms with Crippen LogP contribution in [0.1, 0.15) is 46.3 Å². The number of nitrogens with zero attached hydrogens (tertiary/aromatic N) is 3. The van der Waals surface area contributed by atoms with E-state index < -0.39 is 0 Å². The predicted octanol–water partition coefficient (Wildman–Crippen LogP) is 4.89. The van der Waals surface area contributed by atoms with E-state index in [4.69, 9.17) is 28.4 Å². The van der Waals surface area contributed by atoms with Crippen molar-refractivity contribution in [3.05, 3.63) is 82.9 Å². The zero-order valence-electron chi connectivity index (χ0n) is 28.4. The highest BCUT2D eigenvalue weighted by Gasteiger charge is 2.33. The van der Waals surface area contributed by atoms with Crippen LogP contribution in [0.5, 0.6) is 17.2 Å². The number of likely N-dealkylation sites (N-methyl/N-ethyl adjacent to an activating group) is 1. The molecule has 0 N–H and O–H groups in total. The van der Waals surface area contributed by atoms with E-state index >= 15 is 0 Å². The van der Waals surface area contributed by atoms with Gasteiger partial charge in [0.2, 0.25) is 5.91 Å². The summed E-state index contributed by atoms with van der Waals surface area (Å²) in [7, 11) is 6.81. The Hall–Kier alpha value is -4.32. The number of anilines is 1. The number of amides is 2. The van der Waals surface area contributed by atoms with E-state index in [1.54, 1.807) is 26.4 Å². The van der Waals surface area contributed by atoms with Crippen molar-refractivity contribution in [2.75, 3.05) is 73.1 Å². The first-order chi connectivity index (χ1) is 23.4. The van der Waals surface area contributed by atoms with Crippen LogP contribution in [-0.2, 0) is 38.6 Å². The van der Waals surface area contributed by atoms with Gasteiger partial charge in [-0.25, -0.2) is 0 Å². The van der Waals surface area contributed by atoms with E-state index in [-0.39, 0.29) is 38.0 Å². The normalized spacial score (nSPS) is 15.6. The number of hydrogen-bond acceptors (Lipinski definition) is 9. The minimum Gasteiger partial charge on any atom is -0.488 e. The first kappa shape index (κ1) is 35.0. The molecule has 5 rings (SSSR count). The van der Waals surface area contributed by atoms with Crippen molar-refractivity contribution in [2.24, 2.45) is 0 Å². The molecule has 258 valence electrons. The third-order valence-electron chi connectivity index (χ3n) is 8.88. The fourth-order valence-corrected chi connectivity index (χ4v) is 6.30. The first-order valence-corrected chi connectivity index (χ1v) is 16.4. The number of hydrogen-bond donors (Lipinski definition) is 0. The summed E-state index contributed by atoms with van der Waals surface area (Å²) in [6.07, 6.45) is 2.82. The average Bonchev–Trinajstić information content (AvgIpc) is 3.62. The molecule has 3 aromatic rings. The molecule has 3 aromatic carbocycles. The minimum atomic E-state index is -0.209. The molecule has 2 aliphatic rings. The topological polar surface area (TPSA) is 99.2 Å². The van der Waals surface area contributed by atoms with Crippen LogP contribution in [0.15, 0.2) is 60.7 Å². The molecule has 0 saturated carbocycles. The van der Waals surface area contributed by atoms with Gasteiger partial charge in [0.15, 0.2) is 13.6 Å². The van der Waals surface area contributed by atoms with Crippen LogP contribution >= 0.6 is 0 Å². The van der Waals surface area contributed by atoms with Crippen molar-refractivity contribution in [1.29, 1.82) is 0 Å². The molecule has 2 aliphatic heterocycles. The van der Waals surface area contributed by atoms with Crippen molar-refractivity contribution in [3.63, 3.8) is 0 Å². The van der Waals surface area contributed by atoms with Crippen LogP contribution in [0.2, 0.25) is 0 Å². The number of rotatable bonds is 16. The maximum atomic E-state index is 14.5. The van der Waals surface area contributed by atoms with Crippen LogP contribution in [0, 0.1) is 0 Å². The Balaban J connectivity index is 1.39. The van der Waals surface area contributed by atoms with Crippen molar-refractivity contribution in [2.45, 2.75) is 44.9 Å². The minimum absolute atomic E-state index is 0.0229. The summed E-state index contributed by atoms with van der Waals surface area (Å²) < 4.78 is 33.4. The number of carbonyl (C=O) groups excluding carboxylic acids is 2. The van der Waals surface area contributed by atoms with Gasteiger partial charge in [0, 0.05) is 91.4 Å². The summed E-state index contributed by atoms with van der Waals surface area (Å²) in [5, 5.41) is 0. The number of likely N-dealkylation sites (tertiary alicyclic amines) is 1. The zero-order valence-corrected chi connectivity index (χ0v) is 28.4. The monoisotopic (exact) mass is 661 g/mol. The smallest absolute Gasteiger partial charge is 0.261 e. The highest BCUT2D eigenvalue weighted by Crippen LogP contribution is 2.38. The predicted molar refractivity (Wildman–Crippen MR) is 182 cm³/mol. The Bertz CT molecular complexity index is 1520. The number of ether oxygens (including phenoxy) is 6. The summed E-state index contributed by atoms with van der Waals surface area (Å²) >= 11 is 0. The molecule has 0 unspecified atom stereocenters. The summed E-state index contributed by atoms with van der Waals surface area (Å²) in [6.45, 7) is 3.17. The first-order valence-electron chi connectivity index (χ1n) is 16.4. The summed E-state index contributed by atoms with van der Waals surface area (Å²) in [4.78, 5) is 33.4. The van der Waals surface area contributed by atoms with Gasteiger partial charge in [-0.3, -0.25) is 9.59 Å². The second-order valence-electron chi connectivity index (χ2n) is 12.1. The fourth-order valence-electron chi connectivity index (χ4n) is 6.30. The molecule has 11 heteroatoms. The van der Waals surface area contributed by atoms with E-state index in [0.29, 0.717) is 61.9 Å². The van der Waals surface area contributed by atoms with E-state index in [1.165, 1.54) is 12.7 Å². The SMILES string of the molecule is COCCCC(=O)N1CC[C@H](N(C)c2cccc3c2CN(C(=O)c2c(OCOC)cc(OCOC)cc2OCc2ccccc2)CC3)C1. The summed E-state index contributed by atoms with van der Waals surface area (Å²) in [5.74, 6) is 1.06. The summed E-state index contributed by atoms with van der Waals surface area (Å²) in [5.41, 5.74) is 4.66. The quantitative estimate of drug-likeness (QED) is 0.157. The Labute approximate surface area is 283 Å². The Morgan fingerprint density at radius 2 is 1.60 bits per heavy atom. The van der Waals surface area contributed by atoms with Gasteiger partial charge in [-0.05, 0) is 42.0 Å². The van der Waals surface area contributed by atoms with Gasteiger partial charge in [0.1, 0.15) is 29.4 Å². The van der Waals surface area contributed by atoms with Crippen LogP contribution in [-0.4, -0.2) is 95.9 Å². The molecule has 48 heavy (non-hydrogen) atoms. The fraction of sp³-hybridized carbons (Fsp3) is 0.459. The van der Waals surface area contributed by atoms with Crippen LogP contribution in [0.25, 0.3) is 0 Å². The van der Waals surface area contributed by atoms with E-state index in [2.05, 4.69) is 30.1 Å². The van der Waals surface area contributed by atoms with Gasteiger partial charge >= 0.3 is 0 Å². The lowest BCUT2D eigenvalue weighted by Gasteiger charge is -2.35. The molecule has 2 heterocycles. The maximum Gasteiger partial charge on any atom is 0.261 e. The molecular weight excluding hydrogens is 614 g/mol. The summed E-state index contributed by atoms with van der Waals surface area (Å²) in [6, 6.07) is 19.6. The van der Waals surface area contributed by atoms with Gasteiger partial charge in [0.25, 0.3) is 5.91 Å². The van der Waals surface area contributed by atoms with E-state index in [1.807, 2.05) is 40.1 Å². The zero-order chi connectivity index (χ0) is 33.9. The maximum absolute atomic E-state index is 14.5.